The average Bonchev–Trinajstić information content (AvgIpc) is 3.38. The Morgan fingerprint density at radius 2 is 1.97 bits per heavy atom. The van der Waals surface area contributed by atoms with Gasteiger partial charge in [-0.25, -0.2) is 14.4 Å². The van der Waals surface area contributed by atoms with E-state index >= 15 is 0 Å². The van der Waals surface area contributed by atoms with E-state index in [9.17, 15) is 19.1 Å². The molecular formula is C25H22FN3O5. The maximum atomic E-state index is 13.3. The Hall–Kier alpha value is -3.85. The molecule has 0 bridgehead atoms. The van der Waals surface area contributed by atoms with Crippen LogP contribution < -0.4 is 0 Å². The van der Waals surface area contributed by atoms with Crippen molar-refractivity contribution in [1.29, 1.82) is 0 Å². The van der Waals surface area contributed by atoms with Crippen molar-refractivity contribution in [1.82, 2.24) is 9.97 Å². The maximum Gasteiger partial charge on any atom is 0.326 e. The molecule has 1 aliphatic carbocycles. The van der Waals surface area contributed by atoms with Gasteiger partial charge in [0.2, 0.25) is 11.7 Å². The molecule has 2 aromatic heterocycles. The first kappa shape index (κ1) is 22.0. The maximum absolute atomic E-state index is 13.3. The van der Waals surface area contributed by atoms with Gasteiger partial charge in [0.1, 0.15) is 17.6 Å². The normalized spacial score (nSPS) is 25.1. The Labute approximate surface area is 194 Å². The molecule has 8 nitrogen and oxygen atoms in total. The molecule has 1 aliphatic heterocycles. The molecule has 2 N–H and O–H groups in total. The van der Waals surface area contributed by atoms with Crippen LogP contribution in [0.1, 0.15) is 31.2 Å². The summed E-state index contributed by atoms with van der Waals surface area (Å²) in [4.78, 5) is 37.9. The summed E-state index contributed by atoms with van der Waals surface area (Å²) in [6.45, 7) is 0. The molecule has 2 aliphatic rings. The highest BCUT2D eigenvalue weighted by Gasteiger charge is 2.45. The minimum absolute atomic E-state index is 0.0494. The molecule has 1 atom stereocenters. The fraction of sp³-hybridized carbons (Fsp3) is 0.280. The van der Waals surface area contributed by atoms with E-state index in [1.54, 1.807) is 18.5 Å². The van der Waals surface area contributed by atoms with Crippen molar-refractivity contribution in [3.8, 4) is 0 Å². The number of Topliss-reactive ketones (excluding diaryl/α,β-unsaturated/α-hetero) is 1. The first-order valence-corrected chi connectivity index (χ1v) is 11.1. The van der Waals surface area contributed by atoms with E-state index in [1.165, 1.54) is 30.3 Å². The zero-order chi connectivity index (χ0) is 23.7. The quantitative estimate of drug-likeness (QED) is 0.345. The van der Waals surface area contributed by atoms with Gasteiger partial charge in [0.25, 0.3) is 0 Å². The van der Waals surface area contributed by atoms with Crippen LogP contribution in [0.25, 0.3) is 17.1 Å². The third kappa shape index (κ3) is 4.47. The Bertz CT molecular complexity index is 1290. The van der Waals surface area contributed by atoms with Crippen LogP contribution in [0, 0.1) is 11.7 Å². The number of benzene rings is 1. The lowest BCUT2D eigenvalue weighted by atomic mass is 9.95. The largest absolute Gasteiger partial charge is 0.461 e. The molecule has 0 spiro atoms. The minimum atomic E-state index is -1.37. The van der Waals surface area contributed by atoms with Gasteiger partial charge in [-0.2, -0.15) is 0 Å². The summed E-state index contributed by atoms with van der Waals surface area (Å²) in [5.41, 5.74) is 1.65. The van der Waals surface area contributed by atoms with Crippen LogP contribution in [0.4, 0.5) is 10.1 Å². The number of nitrogens with one attached hydrogen (secondary N) is 1. The monoisotopic (exact) mass is 463 g/mol. The standard InChI is InChI=1S/C25H22FN3O5/c26-15-3-5-16(6-4-15)29-24-21(25(32)33-18-9-7-17(30)8-10-18)22(31)20(34-24)12-14-13-28-23-19(14)2-1-11-27-23/h1-6,11-13,17-18,21,30H,7-10H2,(H,27,28)/b20-12-,29-24?. The van der Waals surface area contributed by atoms with Gasteiger partial charge in [-0.05, 0) is 68.2 Å². The van der Waals surface area contributed by atoms with Crippen LogP contribution in [-0.4, -0.2) is 44.9 Å². The molecule has 1 saturated heterocycles. The van der Waals surface area contributed by atoms with Crippen molar-refractivity contribution in [2.45, 2.75) is 37.9 Å². The molecule has 1 saturated carbocycles. The van der Waals surface area contributed by atoms with Crippen LogP contribution in [-0.2, 0) is 19.1 Å². The second-order valence-electron chi connectivity index (χ2n) is 8.35. The lowest BCUT2D eigenvalue weighted by molar-refractivity contribution is -0.155. The van der Waals surface area contributed by atoms with E-state index in [1.807, 2.05) is 6.07 Å². The molecule has 5 rings (SSSR count). The number of pyridine rings is 1. The first-order valence-electron chi connectivity index (χ1n) is 11.1. The van der Waals surface area contributed by atoms with Crippen molar-refractivity contribution in [3.05, 3.63) is 65.9 Å². The van der Waals surface area contributed by atoms with Crippen LogP contribution in [0.2, 0.25) is 0 Å². The highest BCUT2D eigenvalue weighted by Crippen LogP contribution is 2.31. The number of carbonyl (C=O) groups excluding carboxylic acids is 2. The van der Waals surface area contributed by atoms with E-state index in [-0.39, 0.29) is 17.8 Å². The second kappa shape index (κ2) is 9.18. The number of aromatic nitrogens is 2. The van der Waals surface area contributed by atoms with Gasteiger partial charge < -0.3 is 19.6 Å². The molecule has 34 heavy (non-hydrogen) atoms. The molecule has 3 heterocycles. The Balaban J connectivity index is 1.46. The molecule has 1 aromatic carbocycles. The van der Waals surface area contributed by atoms with Gasteiger partial charge in [-0.3, -0.25) is 9.59 Å². The van der Waals surface area contributed by atoms with Crippen molar-refractivity contribution in [2.24, 2.45) is 10.9 Å². The molecule has 9 heteroatoms. The van der Waals surface area contributed by atoms with Crippen LogP contribution in [0.15, 0.2) is 59.5 Å². The predicted molar refractivity (Wildman–Crippen MR) is 122 cm³/mol. The first-order chi connectivity index (χ1) is 16.5. The number of aliphatic imine (C=N–C) groups is 1. The summed E-state index contributed by atoms with van der Waals surface area (Å²) in [6.07, 6.45) is 6.19. The number of H-pyrrole nitrogens is 1. The number of aliphatic hydroxyl groups excluding tert-OH is 1. The van der Waals surface area contributed by atoms with Gasteiger partial charge in [0.15, 0.2) is 11.7 Å². The fourth-order valence-corrected chi connectivity index (χ4v) is 4.15. The van der Waals surface area contributed by atoms with Gasteiger partial charge in [0.05, 0.1) is 11.8 Å². The smallest absolute Gasteiger partial charge is 0.326 e. The van der Waals surface area contributed by atoms with Crippen LogP contribution >= 0.6 is 0 Å². The predicted octanol–water partition coefficient (Wildman–Crippen LogP) is 3.84. The fourth-order valence-electron chi connectivity index (χ4n) is 4.15. The Morgan fingerprint density at radius 3 is 2.74 bits per heavy atom. The molecule has 174 valence electrons. The van der Waals surface area contributed by atoms with Gasteiger partial charge >= 0.3 is 5.97 Å². The summed E-state index contributed by atoms with van der Waals surface area (Å²) in [5.74, 6) is -3.30. The SMILES string of the molecule is O=C(OC1CCC(O)CC1)C1C(=O)/C(=C/c2c[nH]c3ncccc23)OC1=Nc1ccc(F)cc1. The number of hydrogen-bond donors (Lipinski definition) is 2. The number of ether oxygens (including phenoxy) is 2. The number of rotatable bonds is 4. The van der Waals surface area contributed by atoms with E-state index in [2.05, 4.69) is 15.0 Å². The number of aliphatic hydroxyl groups is 1. The molecule has 0 radical (unpaired) electrons. The number of allylic oxidation sites excluding steroid dienone is 1. The number of halogens is 1. The number of esters is 1. The Morgan fingerprint density at radius 1 is 1.21 bits per heavy atom. The molecule has 0 amide bonds. The topological polar surface area (TPSA) is 114 Å². The lowest BCUT2D eigenvalue weighted by Crippen LogP contribution is -2.33. The number of ketones is 1. The van der Waals surface area contributed by atoms with Crippen LogP contribution in [0.3, 0.4) is 0 Å². The average molecular weight is 463 g/mol. The second-order valence-corrected chi connectivity index (χ2v) is 8.35. The zero-order valence-electron chi connectivity index (χ0n) is 18.1. The minimum Gasteiger partial charge on any atom is -0.461 e. The number of nitrogens with zero attached hydrogens (tertiary/aromatic N) is 2. The lowest BCUT2D eigenvalue weighted by Gasteiger charge is -2.25. The zero-order valence-corrected chi connectivity index (χ0v) is 18.1. The van der Waals surface area contributed by atoms with Crippen molar-refractivity contribution in [3.63, 3.8) is 0 Å². The van der Waals surface area contributed by atoms with Gasteiger partial charge in [-0.15, -0.1) is 0 Å². The summed E-state index contributed by atoms with van der Waals surface area (Å²) < 4.78 is 24.7. The third-order valence-corrected chi connectivity index (χ3v) is 5.96. The highest BCUT2D eigenvalue weighted by molar-refractivity contribution is 6.27. The number of carbonyl (C=O) groups is 2. The van der Waals surface area contributed by atoms with E-state index < -0.39 is 29.6 Å². The number of aromatic amines is 1. The van der Waals surface area contributed by atoms with E-state index in [4.69, 9.17) is 9.47 Å². The Kier molecular flexibility index (Phi) is 5.93. The molecule has 3 aromatic rings. The summed E-state index contributed by atoms with van der Waals surface area (Å²) >= 11 is 0. The van der Waals surface area contributed by atoms with Crippen molar-refractivity contribution in [2.75, 3.05) is 0 Å². The van der Waals surface area contributed by atoms with Crippen molar-refractivity contribution >= 4 is 40.4 Å². The van der Waals surface area contributed by atoms with Gasteiger partial charge in [0, 0.05) is 23.3 Å². The van der Waals surface area contributed by atoms with Crippen LogP contribution in [0.5, 0.6) is 0 Å². The number of fused-ring (bicyclic) bond motifs is 1. The summed E-state index contributed by atoms with van der Waals surface area (Å²) in [5, 5.41) is 10.5. The molecule has 1 unspecified atom stereocenters. The number of hydrogen-bond acceptors (Lipinski definition) is 7. The van der Waals surface area contributed by atoms with Gasteiger partial charge in [-0.1, -0.05) is 0 Å². The van der Waals surface area contributed by atoms with Crippen molar-refractivity contribution < 1.29 is 28.6 Å². The summed E-state index contributed by atoms with van der Waals surface area (Å²) in [7, 11) is 0. The third-order valence-electron chi connectivity index (χ3n) is 5.96. The van der Waals surface area contributed by atoms with E-state index in [0.29, 0.717) is 42.6 Å². The molecular weight excluding hydrogens is 441 g/mol. The van der Waals surface area contributed by atoms with E-state index in [0.717, 1.165) is 5.39 Å². The highest BCUT2D eigenvalue weighted by atomic mass is 19.1. The summed E-state index contributed by atoms with van der Waals surface area (Å²) in [6, 6.07) is 8.93. The molecule has 2 fully saturated rings.